The van der Waals surface area contributed by atoms with Gasteiger partial charge in [0.05, 0.1) is 17.2 Å². The predicted octanol–water partition coefficient (Wildman–Crippen LogP) is 6.80. The Kier molecular flexibility index (Phi) is 11.7. The van der Waals surface area contributed by atoms with Gasteiger partial charge in [0.1, 0.15) is 18.3 Å². The maximum Gasteiger partial charge on any atom is 0.264 e. The minimum absolute atomic E-state index is 0.0439. The van der Waals surface area contributed by atoms with Crippen LogP contribution >= 0.6 is 11.6 Å². The van der Waals surface area contributed by atoms with E-state index in [1.54, 1.807) is 31.2 Å². The molecule has 4 aromatic carbocycles. The van der Waals surface area contributed by atoms with Gasteiger partial charge < -0.3 is 15.0 Å². The van der Waals surface area contributed by atoms with Gasteiger partial charge in [-0.2, -0.15) is 0 Å². The molecule has 1 N–H and O–H groups in total. The van der Waals surface area contributed by atoms with Crippen LogP contribution in [0, 0.1) is 6.92 Å². The predicted molar refractivity (Wildman–Crippen MR) is 187 cm³/mol. The number of hydrogen-bond acceptors (Lipinski definition) is 5. The van der Waals surface area contributed by atoms with Crippen LogP contribution in [0.25, 0.3) is 0 Å². The Morgan fingerprint density at radius 3 is 2.15 bits per heavy atom. The van der Waals surface area contributed by atoms with E-state index in [1.165, 1.54) is 29.2 Å². The average Bonchev–Trinajstić information content (AvgIpc) is 3.02. The number of nitrogens with zero attached hydrogens (tertiary/aromatic N) is 2. The van der Waals surface area contributed by atoms with Crippen LogP contribution in [0.15, 0.2) is 108 Å². The molecule has 47 heavy (non-hydrogen) atoms. The van der Waals surface area contributed by atoms with Crippen molar-refractivity contribution in [3.8, 4) is 5.75 Å². The molecular weight excluding hydrogens is 634 g/mol. The minimum Gasteiger partial charge on any atom is -0.492 e. The SMILES string of the molecule is CCOc1ccccc1N(CC(=O)N(Cc1cccc(C)c1)[C@@H](Cc1ccccc1)C(=O)NC(C)(C)C)S(=O)(=O)c1ccc(Cl)cc1. The second kappa shape index (κ2) is 15.5. The van der Waals surface area contributed by atoms with E-state index in [0.29, 0.717) is 10.8 Å². The van der Waals surface area contributed by atoms with E-state index in [2.05, 4.69) is 5.32 Å². The van der Waals surface area contributed by atoms with Crippen molar-refractivity contribution >= 4 is 39.1 Å². The highest BCUT2D eigenvalue weighted by Crippen LogP contribution is 2.33. The molecule has 0 radical (unpaired) electrons. The number of carbonyl (C=O) groups excluding carboxylic acids is 2. The third-order valence-corrected chi connectivity index (χ3v) is 9.34. The molecule has 0 heterocycles. The molecule has 0 aliphatic carbocycles. The smallest absolute Gasteiger partial charge is 0.264 e. The molecule has 0 saturated carbocycles. The van der Waals surface area contributed by atoms with E-state index in [9.17, 15) is 18.0 Å². The van der Waals surface area contributed by atoms with E-state index >= 15 is 0 Å². The van der Waals surface area contributed by atoms with Crippen molar-refractivity contribution in [2.45, 2.75) is 64.1 Å². The molecule has 0 fully saturated rings. The van der Waals surface area contributed by atoms with Crippen LogP contribution in [0.2, 0.25) is 5.02 Å². The van der Waals surface area contributed by atoms with Crippen LogP contribution < -0.4 is 14.4 Å². The molecule has 1 atom stereocenters. The molecule has 10 heteroatoms. The summed E-state index contributed by atoms with van der Waals surface area (Å²) in [5.41, 5.74) is 2.28. The first-order valence-electron chi connectivity index (χ1n) is 15.5. The number of anilines is 1. The zero-order chi connectivity index (χ0) is 34.2. The van der Waals surface area contributed by atoms with Crippen LogP contribution in [0.1, 0.15) is 44.4 Å². The number of halogens is 1. The third kappa shape index (κ3) is 9.59. The number of amides is 2. The van der Waals surface area contributed by atoms with Crippen LogP contribution in [-0.2, 0) is 32.6 Å². The summed E-state index contributed by atoms with van der Waals surface area (Å²) < 4.78 is 35.5. The van der Waals surface area contributed by atoms with Gasteiger partial charge >= 0.3 is 0 Å². The number of rotatable bonds is 13. The summed E-state index contributed by atoms with van der Waals surface area (Å²) in [6, 6.07) is 28.7. The van der Waals surface area contributed by atoms with Crippen molar-refractivity contribution in [2.24, 2.45) is 0 Å². The molecule has 2 amide bonds. The lowest BCUT2D eigenvalue weighted by Gasteiger charge is -2.35. The molecule has 0 aliphatic heterocycles. The zero-order valence-electron chi connectivity index (χ0n) is 27.4. The zero-order valence-corrected chi connectivity index (χ0v) is 29.0. The van der Waals surface area contributed by atoms with Gasteiger partial charge in [0.25, 0.3) is 10.0 Å². The highest BCUT2D eigenvalue weighted by molar-refractivity contribution is 7.92. The van der Waals surface area contributed by atoms with Gasteiger partial charge in [-0.15, -0.1) is 0 Å². The molecule has 0 unspecified atom stereocenters. The number of hydrogen-bond donors (Lipinski definition) is 1. The fourth-order valence-corrected chi connectivity index (χ4v) is 6.75. The molecule has 248 valence electrons. The van der Waals surface area contributed by atoms with Gasteiger partial charge in [-0.25, -0.2) is 8.42 Å². The van der Waals surface area contributed by atoms with Crippen LogP contribution in [-0.4, -0.2) is 49.9 Å². The van der Waals surface area contributed by atoms with Crippen molar-refractivity contribution < 1.29 is 22.7 Å². The van der Waals surface area contributed by atoms with Crippen molar-refractivity contribution in [1.82, 2.24) is 10.2 Å². The molecular formula is C37H42ClN3O5S. The molecule has 0 saturated heterocycles. The van der Waals surface area contributed by atoms with E-state index in [-0.39, 0.29) is 36.1 Å². The van der Waals surface area contributed by atoms with E-state index in [4.69, 9.17) is 16.3 Å². The van der Waals surface area contributed by atoms with Crippen LogP contribution in [0.4, 0.5) is 5.69 Å². The summed E-state index contributed by atoms with van der Waals surface area (Å²) >= 11 is 6.09. The first-order valence-corrected chi connectivity index (χ1v) is 17.3. The molecule has 0 spiro atoms. The van der Waals surface area contributed by atoms with Crippen molar-refractivity contribution in [2.75, 3.05) is 17.5 Å². The number of sulfonamides is 1. The van der Waals surface area contributed by atoms with E-state index < -0.39 is 34.1 Å². The Balaban J connectivity index is 1.85. The summed E-state index contributed by atoms with van der Waals surface area (Å²) in [5.74, 6) is -0.596. The third-order valence-electron chi connectivity index (χ3n) is 7.32. The maximum absolute atomic E-state index is 14.7. The highest BCUT2D eigenvalue weighted by Gasteiger charge is 2.36. The summed E-state index contributed by atoms with van der Waals surface area (Å²) in [6.07, 6.45) is 0.222. The van der Waals surface area contributed by atoms with E-state index in [0.717, 1.165) is 21.0 Å². The lowest BCUT2D eigenvalue weighted by Crippen LogP contribution is -2.56. The molecule has 0 aromatic heterocycles. The Labute approximate surface area is 283 Å². The summed E-state index contributed by atoms with van der Waals surface area (Å²) in [7, 11) is -4.31. The number of nitrogens with one attached hydrogen (secondary N) is 1. The van der Waals surface area contributed by atoms with E-state index in [1.807, 2.05) is 82.3 Å². The maximum atomic E-state index is 14.7. The van der Waals surface area contributed by atoms with Gasteiger partial charge in [-0.1, -0.05) is 83.9 Å². The number of ether oxygens (including phenoxy) is 1. The standard InChI is InChI=1S/C37H42ClN3O5S/c1-6-46-34-18-11-10-17-32(34)41(47(44,45)31-21-19-30(38)20-22-31)26-35(42)40(25-29-16-12-13-27(2)23-29)33(36(43)39-37(3,4)5)24-28-14-8-7-9-15-28/h7-23,33H,6,24-26H2,1-5H3,(H,39,43)/t33-/m0/s1. The van der Waals surface area contributed by atoms with Crippen molar-refractivity contribution in [3.05, 3.63) is 125 Å². The average molecular weight is 676 g/mol. The molecule has 0 bridgehead atoms. The summed E-state index contributed by atoms with van der Waals surface area (Å²) in [4.78, 5) is 30.2. The van der Waals surface area contributed by atoms with Gasteiger partial charge in [0.15, 0.2) is 0 Å². The second-order valence-electron chi connectivity index (χ2n) is 12.3. The molecule has 4 aromatic rings. The fraction of sp³-hybridized carbons (Fsp3) is 0.297. The number of carbonyl (C=O) groups is 2. The minimum atomic E-state index is -4.31. The summed E-state index contributed by atoms with van der Waals surface area (Å²) in [5, 5.41) is 3.42. The van der Waals surface area contributed by atoms with Gasteiger partial charge in [0.2, 0.25) is 11.8 Å². The van der Waals surface area contributed by atoms with Crippen LogP contribution in [0.3, 0.4) is 0 Å². The topological polar surface area (TPSA) is 96.0 Å². The molecule has 8 nitrogen and oxygen atoms in total. The quantitative estimate of drug-likeness (QED) is 0.168. The largest absolute Gasteiger partial charge is 0.492 e. The highest BCUT2D eigenvalue weighted by atomic mass is 35.5. The van der Waals surface area contributed by atoms with Crippen LogP contribution in [0.5, 0.6) is 5.75 Å². The Hall–Kier alpha value is -4.34. The lowest BCUT2D eigenvalue weighted by atomic mass is 10.0. The number of para-hydroxylation sites is 2. The first kappa shape index (κ1) is 35.5. The van der Waals surface area contributed by atoms with Gasteiger partial charge in [-0.05, 0) is 82.1 Å². The Morgan fingerprint density at radius 1 is 0.872 bits per heavy atom. The molecule has 4 rings (SSSR count). The fourth-order valence-electron chi connectivity index (χ4n) is 5.20. The molecule has 0 aliphatic rings. The monoisotopic (exact) mass is 675 g/mol. The van der Waals surface area contributed by atoms with Gasteiger partial charge in [-0.3, -0.25) is 13.9 Å². The normalized spacial score (nSPS) is 12.2. The van der Waals surface area contributed by atoms with Crippen molar-refractivity contribution in [3.63, 3.8) is 0 Å². The van der Waals surface area contributed by atoms with Crippen molar-refractivity contribution in [1.29, 1.82) is 0 Å². The summed E-state index contributed by atoms with van der Waals surface area (Å²) in [6.45, 7) is 9.16. The number of aryl methyl sites for hydroxylation is 1. The first-order chi connectivity index (χ1) is 22.3. The Bertz CT molecular complexity index is 1770. The number of benzene rings is 4. The second-order valence-corrected chi connectivity index (χ2v) is 14.6. The Morgan fingerprint density at radius 2 is 1.51 bits per heavy atom. The van der Waals surface area contributed by atoms with Gasteiger partial charge in [0, 0.05) is 23.5 Å². The lowest BCUT2D eigenvalue weighted by molar-refractivity contribution is -0.140.